The molecule has 10 nitrogen and oxygen atoms in total. The molecular weight excluding hydrogens is 564 g/mol. The number of rotatable bonds is 9. The Kier molecular flexibility index (Phi) is 8.70. The molecule has 2 N–H and O–H groups in total. The first kappa shape index (κ1) is 32.1. The van der Waals surface area contributed by atoms with Gasteiger partial charge in [0.15, 0.2) is 11.5 Å². The maximum absolute atomic E-state index is 14.1. The second-order valence-corrected chi connectivity index (χ2v) is 14.7. The SMILES string of the molecule is CCN(CC)c1ccc(C(C(=O)OC(C)(C)C)c2c(C(C)(C)C)nn3nc(-c4ccc(NS(C)(=O)=O)cc4)[nH]c23)c(C)c1. The number of H-pyrrole nitrogens is 1. The van der Waals surface area contributed by atoms with Gasteiger partial charge in [-0.2, -0.15) is 5.10 Å². The van der Waals surface area contributed by atoms with Gasteiger partial charge in [0.05, 0.1) is 11.9 Å². The fourth-order valence-corrected chi connectivity index (χ4v) is 5.80. The predicted octanol–water partition coefficient (Wildman–Crippen LogP) is 6.02. The number of nitrogens with zero attached hydrogens (tertiary/aromatic N) is 4. The number of fused-ring (bicyclic) bond motifs is 1. The van der Waals surface area contributed by atoms with Crippen LogP contribution in [-0.2, 0) is 25.0 Å². The molecule has 1 atom stereocenters. The first-order chi connectivity index (χ1) is 19.9. The smallest absolute Gasteiger partial charge is 0.318 e. The number of aromatic amines is 1. The predicted molar refractivity (Wildman–Crippen MR) is 172 cm³/mol. The monoisotopic (exact) mass is 608 g/mol. The highest BCUT2D eigenvalue weighted by atomic mass is 32.2. The second-order valence-electron chi connectivity index (χ2n) is 13.0. The van der Waals surface area contributed by atoms with E-state index in [0.717, 1.165) is 53.0 Å². The number of anilines is 2. The van der Waals surface area contributed by atoms with E-state index in [4.69, 9.17) is 14.9 Å². The molecule has 0 amide bonds. The molecule has 0 aliphatic rings. The van der Waals surface area contributed by atoms with E-state index in [2.05, 4.69) is 61.4 Å². The summed E-state index contributed by atoms with van der Waals surface area (Å²) in [7, 11) is -3.40. The van der Waals surface area contributed by atoms with E-state index in [-0.39, 0.29) is 5.97 Å². The van der Waals surface area contributed by atoms with Gasteiger partial charge in [-0.15, -0.1) is 9.73 Å². The number of nitrogens with one attached hydrogen (secondary N) is 2. The Labute approximate surface area is 254 Å². The summed E-state index contributed by atoms with van der Waals surface area (Å²) in [6, 6.07) is 13.1. The Morgan fingerprint density at radius 1 is 1.02 bits per heavy atom. The molecule has 2 aromatic carbocycles. The molecule has 2 aromatic heterocycles. The average molecular weight is 609 g/mol. The van der Waals surface area contributed by atoms with Crippen molar-refractivity contribution in [2.45, 2.75) is 79.2 Å². The number of hydrogen-bond acceptors (Lipinski definition) is 7. The highest BCUT2D eigenvalue weighted by Gasteiger charge is 2.38. The molecule has 43 heavy (non-hydrogen) atoms. The van der Waals surface area contributed by atoms with E-state index < -0.39 is 27.0 Å². The first-order valence-corrected chi connectivity index (χ1v) is 16.5. The number of aryl methyl sites for hydroxylation is 1. The zero-order valence-corrected chi connectivity index (χ0v) is 27.7. The van der Waals surface area contributed by atoms with E-state index in [1.165, 1.54) is 0 Å². The normalized spacial score (nSPS) is 13.3. The van der Waals surface area contributed by atoms with Gasteiger partial charge in [0.25, 0.3) is 0 Å². The standard InChI is InChI=1S/C32H44N6O4S/c1-11-37(12-2)23-17-18-24(20(3)19-23)25(30(39)42-32(7,8)9)26-27(31(4,5)6)34-38-29(26)33-28(35-38)21-13-15-22(16-14-21)36-43(10,40)41/h13-19,25,36H,11-12H2,1-10H3,(H,33,35). The van der Waals surface area contributed by atoms with Gasteiger partial charge in [0.1, 0.15) is 11.5 Å². The minimum atomic E-state index is -3.40. The van der Waals surface area contributed by atoms with Crippen LogP contribution >= 0.6 is 0 Å². The van der Waals surface area contributed by atoms with Crippen molar-refractivity contribution in [1.29, 1.82) is 0 Å². The fourth-order valence-electron chi connectivity index (χ4n) is 5.24. The lowest BCUT2D eigenvalue weighted by molar-refractivity contribution is -0.155. The minimum absolute atomic E-state index is 0.362. The van der Waals surface area contributed by atoms with Gasteiger partial charge in [-0.1, -0.05) is 26.8 Å². The summed E-state index contributed by atoms with van der Waals surface area (Å²) in [6.45, 7) is 19.8. The molecule has 11 heteroatoms. The molecule has 232 valence electrons. The van der Waals surface area contributed by atoms with Crippen molar-refractivity contribution in [3.8, 4) is 11.4 Å². The van der Waals surface area contributed by atoms with E-state index in [1.54, 1.807) is 28.9 Å². The lowest BCUT2D eigenvalue weighted by Crippen LogP contribution is -2.30. The Bertz CT molecular complexity index is 1720. The average Bonchev–Trinajstić information content (AvgIpc) is 3.44. The van der Waals surface area contributed by atoms with Crippen LogP contribution < -0.4 is 9.62 Å². The number of ether oxygens (including phenoxy) is 1. The Morgan fingerprint density at radius 3 is 2.16 bits per heavy atom. The Morgan fingerprint density at radius 2 is 1.65 bits per heavy atom. The number of esters is 1. The van der Waals surface area contributed by atoms with Gasteiger partial charge < -0.3 is 14.6 Å². The van der Waals surface area contributed by atoms with Crippen LogP contribution in [-0.4, -0.2) is 59.1 Å². The molecule has 0 fully saturated rings. The fraction of sp³-hybridized carbons (Fsp3) is 0.469. The maximum atomic E-state index is 14.1. The molecule has 0 saturated heterocycles. The molecule has 0 saturated carbocycles. The minimum Gasteiger partial charge on any atom is -0.459 e. The van der Waals surface area contributed by atoms with Crippen molar-refractivity contribution in [2.24, 2.45) is 0 Å². The number of aromatic nitrogens is 4. The van der Waals surface area contributed by atoms with Crippen molar-refractivity contribution < 1.29 is 17.9 Å². The molecule has 0 bridgehead atoms. The molecular formula is C32H44N6O4S. The van der Waals surface area contributed by atoms with Crippen molar-refractivity contribution in [3.05, 3.63) is 64.8 Å². The Balaban J connectivity index is 1.92. The van der Waals surface area contributed by atoms with E-state index in [1.807, 2.05) is 33.8 Å². The van der Waals surface area contributed by atoms with Crippen LogP contribution in [0.5, 0.6) is 0 Å². The van der Waals surface area contributed by atoms with Crippen LogP contribution in [0.15, 0.2) is 42.5 Å². The molecule has 0 aliphatic heterocycles. The van der Waals surface area contributed by atoms with Gasteiger partial charge in [-0.05, 0) is 89.1 Å². The number of sulfonamides is 1. The molecule has 0 aliphatic carbocycles. The van der Waals surface area contributed by atoms with Crippen LogP contribution in [0, 0.1) is 6.92 Å². The summed E-state index contributed by atoms with van der Waals surface area (Å²) in [5.74, 6) is -0.586. The number of carbonyl (C=O) groups is 1. The Hall–Kier alpha value is -3.86. The summed E-state index contributed by atoms with van der Waals surface area (Å²) >= 11 is 0. The quantitative estimate of drug-likeness (QED) is 0.223. The van der Waals surface area contributed by atoms with Gasteiger partial charge in [0, 0.05) is 41.0 Å². The van der Waals surface area contributed by atoms with Crippen LogP contribution in [0.25, 0.3) is 17.0 Å². The molecule has 0 spiro atoms. The van der Waals surface area contributed by atoms with Gasteiger partial charge in [-0.25, -0.2) is 8.42 Å². The van der Waals surface area contributed by atoms with Crippen LogP contribution in [0.3, 0.4) is 0 Å². The zero-order chi connectivity index (χ0) is 31.9. The first-order valence-electron chi connectivity index (χ1n) is 14.6. The molecule has 4 rings (SSSR count). The van der Waals surface area contributed by atoms with Crippen molar-refractivity contribution >= 4 is 33.0 Å². The van der Waals surface area contributed by atoms with Crippen molar-refractivity contribution in [2.75, 3.05) is 29.0 Å². The maximum Gasteiger partial charge on any atom is 0.318 e. The van der Waals surface area contributed by atoms with Crippen LogP contribution in [0.4, 0.5) is 11.4 Å². The summed E-state index contributed by atoms with van der Waals surface area (Å²) < 4.78 is 33.3. The van der Waals surface area contributed by atoms with E-state index in [0.29, 0.717) is 17.2 Å². The number of hydrogen-bond donors (Lipinski definition) is 2. The third-order valence-corrected chi connectivity index (χ3v) is 7.74. The summed E-state index contributed by atoms with van der Waals surface area (Å²) in [5, 5.41) is 9.62. The summed E-state index contributed by atoms with van der Waals surface area (Å²) in [4.78, 5) is 19.8. The van der Waals surface area contributed by atoms with E-state index >= 15 is 0 Å². The van der Waals surface area contributed by atoms with Crippen LogP contribution in [0.1, 0.15) is 83.7 Å². The molecule has 1 unspecified atom stereocenters. The number of carbonyl (C=O) groups excluding carboxylic acids is 1. The summed E-state index contributed by atoms with van der Waals surface area (Å²) in [5.41, 5.74) is 5.07. The van der Waals surface area contributed by atoms with E-state index in [9.17, 15) is 13.2 Å². The third kappa shape index (κ3) is 7.21. The van der Waals surface area contributed by atoms with Gasteiger partial charge in [-0.3, -0.25) is 9.52 Å². The molecule has 0 radical (unpaired) electrons. The van der Waals surface area contributed by atoms with Gasteiger partial charge in [0.2, 0.25) is 10.0 Å². The van der Waals surface area contributed by atoms with Crippen LogP contribution in [0.2, 0.25) is 0 Å². The zero-order valence-electron chi connectivity index (χ0n) is 26.9. The molecule has 2 heterocycles. The van der Waals surface area contributed by atoms with Gasteiger partial charge >= 0.3 is 5.97 Å². The summed E-state index contributed by atoms with van der Waals surface area (Å²) in [6.07, 6.45) is 1.11. The number of benzene rings is 2. The van der Waals surface area contributed by atoms with Crippen molar-refractivity contribution in [3.63, 3.8) is 0 Å². The lowest BCUT2D eigenvalue weighted by atomic mass is 9.81. The lowest BCUT2D eigenvalue weighted by Gasteiger charge is -2.28. The third-order valence-electron chi connectivity index (χ3n) is 7.13. The second kappa shape index (κ2) is 11.7. The largest absolute Gasteiger partial charge is 0.459 e. The highest BCUT2D eigenvalue weighted by Crippen LogP contribution is 2.40. The highest BCUT2D eigenvalue weighted by molar-refractivity contribution is 7.92. The van der Waals surface area contributed by atoms with Crippen molar-refractivity contribution in [1.82, 2.24) is 19.8 Å². The molecule has 4 aromatic rings. The topological polar surface area (TPSA) is 122 Å².